The summed E-state index contributed by atoms with van der Waals surface area (Å²) in [5.74, 6) is -0.640. The number of fused-ring (bicyclic) bond motifs is 5. The molecular weight excluding hydrogens is 242 g/mol. The topological polar surface area (TPSA) is 46.6 Å². The van der Waals surface area contributed by atoms with Gasteiger partial charge >= 0.3 is 0 Å². The van der Waals surface area contributed by atoms with Gasteiger partial charge in [-0.1, -0.05) is 12.1 Å². The maximum Gasteiger partial charge on any atom is 0.240 e. The third-order valence-corrected chi connectivity index (χ3v) is 4.54. The number of ether oxygens (including phenoxy) is 1. The number of hydrogen-bond acceptors (Lipinski definition) is 3. The van der Waals surface area contributed by atoms with E-state index < -0.39 is 0 Å². The SMILES string of the molecule is Cc1cccc(N2C(=O)[C@@H]3[C@@H](C2=O)[C@H]2CC[C@@H]3O2)c1. The summed E-state index contributed by atoms with van der Waals surface area (Å²) in [7, 11) is 0. The van der Waals surface area contributed by atoms with Gasteiger partial charge < -0.3 is 4.74 Å². The van der Waals surface area contributed by atoms with Crippen molar-refractivity contribution in [3.8, 4) is 0 Å². The number of hydrogen-bond donors (Lipinski definition) is 0. The Balaban J connectivity index is 1.75. The lowest BCUT2D eigenvalue weighted by molar-refractivity contribution is -0.124. The summed E-state index contributed by atoms with van der Waals surface area (Å²) in [4.78, 5) is 26.4. The summed E-state index contributed by atoms with van der Waals surface area (Å²) in [6, 6.07) is 7.55. The summed E-state index contributed by atoms with van der Waals surface area (Å²) in [6.45, 7) is 1.96. The molecule has 4 atom stereocenters. The van der Waals surface area contributed by atoms with Gasteiger partial charge in [-0.05, 0) is 37.5 Å². The van der Waals surface area contributed by atoms with Crippen molar-refractivity contribution in [1.29, 1.82) is 0 Å². The van der Waals surface area contributed by atoms with E-state index in [4.69, 9.17) is 4.74 Å². The Morgan fingerprint density at radius 1 is 1.11 bits per heavy atom. The summed E-state index contributed by atoms with van der Waals surface area (Å²) in [6.07, 6.45) is 1.74. The second-order valence-corrected chi connectivity index (χ2v) is 5.69. The molecule has 0 spiro atoms. The van der Waals surface area contributed by atoms with Crippen LogP contribution in [-0.4, -0.2) is 24.0 Å². The standard InChI is InChI=1S/C15H15NO3/c1-8-3-2-4-9(7-8)16-14(17)12-10-5-6-11(19-10)13(12)15(16)18/h2-4,7,10-13H,5-6H2,1H3/t10-,11+,12-,13-/m0/s1. The highest BCUT2D eigenvalue weighted by Gasteiger charge is 2.62. The molecule has 1 aromatic carbocycles. The van der Waals surface area contributed by atoms with Crippen LogP contribution in [0.4, 0.5) is 5.69 Å². The van der Waals surface area contributed by atoms with Crippen LogP contribution in [0.3, 0.4) is 0 Å². The molecule has 98 valence electrons. The fourth-order valence-corrected chi connectivity index (χ4v) is 3.73. The summed E-state index contributed by atoms with van der Waals surface area (Å²) >= 11 is 0. The van der Waals surface area contributed by atoms with E-state index in [-0.39, 0.29) is 35.9 Å². The first kappa shape index (κ1) is 11.2. The minimum Gasteiger partial charge on any atom is -0.373 e. The van der Waals surface area contributed by atoms with Crippen molar-refractivity contribution in [3.05, 3.63) is 29.8 Å². The Hall–Kier alpha value is -1.68. The van der Waals surface area contributed by atoms with E-state index in [2.05, 4.69) is 0 Å². The smallest absolute Gasteiger partial charge is 0.240 e. The lowest BCUT2D eigenvalue weighted by Crippen LogP contribution is -2.34. The van der Waals surface area contributed by atoms with Gasteiger partial charge in [0.15, 0.2) is 0 Å². The third kappa shape index (κ3) is 1.38. The number of amides is 2. The number of benzene rings is 1. The van der Waals surface area contributed by atoms with Crippen molar-refractivity contribution in [2.75, 3.05) is 4.90 Å². The lowest BCUT2D eigenvalue weighted by atomic mass is 9.81. The van der Waals surface area contributed by atoms with E-state index in [1.54, 1.807) is 0 Å². The molecule has 3 aliphatic heterocycles. The molecule has 0 N–H and O–H groups in total. The van der Waals surface area contributed by atoms with Gasteiger partial charge in [0.1, 0.15) is 0 Å². The van der Waals surface area contributed by atoms with Crippen molar-refractivity contribution >= 4 is 17.5 Å². The average Bonchev–Trinajstić information content (AvgIpc) is 3.04. The van der Waals surface area contributed by atoms with Crippen molar-refractivity contribution in [1.82, 2.24) is 0 Å². The first-order valence-corrected chi connectivity index (χ1v) is 6.77. The van der Waals surface area contributed by atoms with E-state index in [0.717, 1.165) is 18.4 Å². The van der Waals surface area contributed by atoms with Gasteiger partial charge in [-0.15, -0.1) is 0 Å². The van der Waals surface area contributed by atoms with Gasteiger partial charge in [-0.2, -0.15) is 0 Å². The van der Waals surface area contributed by atoms with E-state index in [1.165, 1.54) is 4.90 Å². The molecule has 0 aliphatic carbocycles. The predicted octanol–water partition coefficient (Wildman–Crippen LogP) is 1.66. The monoisotopic (exact) mass is 257 g/mol. The van der Waals surface area contributed by atoms with Crippen LogP contribution < -0.4 is 4.90 Å². The Bertz CT molecular complexity index is 555. The van der Waals surface area contributed by atoms with Gasteiger partial charge in [-0.3, -0.25) is 9.59 Å². The Morgan fingerprint density at radius 3 is 2.32 bits per heavy atom. The van der Waals surface area contributed by atoms with Crippen molar-refractivity contribution in [2.24, 2.45) is 11.8 Å². The van der Waals surface area contributed by atoms with Crippen LogP contribution in [0.25, 0.3) is 0 Å². The molecule has 4 nitrogen and oxygen atoms in total. The summed E-state index contributed by atoms with van der Waals surface area (Å²) in [5.41, 5.74) is 1.75. The van der Waals surface area contributed by atoms with Gasteiger partial charge in [0.25, 0.3) is 0 Å². The minimum atomic E-state index is -0.244. The zero-order valence-corrected chi connectivity index (χ0v) is 10.7. The lowest BCUT2D eigenvalue weighted by Gasteiger charge is -2.17. The molecule has 3 fully saturated rings. The minimum absolute atomic E-state index is 0.0405. The molecule has 4 rings (SSSR count). The molecule has 3 aliphatic rings. The van der Waals surface area contributed by atoms with E-state index in [0.29, 0.717) is 5.69 Å². The van der Waals surface area contributed by atoms with Crippen LogP contribution >= 0.6 is 0 Å². The third-order valence-electron chi connectivity index (χ3n) is 4.54. The van der Waals surface area contributed by atoms with Crippen LogP contribution in [0.1, 0.15) is 18.4 Å². The second-order valence-electron chi connectivity index (χ2n) is 5.69. The largest absolute Gasteiger partial charge is 0.373 e. The van der Waals surface area contributed by atoms with Crippen LogP contribution in [-0.2, 0) is 14.3 Å². The summed E-state index contributed by atoms with van der Waals surface area (Å²) in [5, 5.41) is 0. The molecule has 0 saturated carbocycles. The van der Waals surface area contributed by atoms with Crippen LogP contribution in [0.15, 0.2) is 24.3 Å². The average molecular weight is 257 g/mol. The molecule has 3 saturated heterocycles. The number of imide groups is 1. The zero-order chi connectivity index (χ0) is 13.1. The van der Waals surface area contributed by atoms with Gasteiger partial charge in [0, 0.05) is 0 Å². The van der Waals surface area contributed by atoms with E-state index in [9.17, 15) is 9.59 Å². The number of nitrogens with zero attached hydrogens (tertiary/aromatic N) is 1. The molecule has 2 amide bonds. The quantitative estimate of drug-likeness (QED) is 0.719. The maximum absolute atomic E-state index is 12.5. The fourth-order valence-electron chi connectivity index (χ4n) is 3.73. The molecule has 3 heterocycles. The van der Waals surface area contributed by atoms with Crippen molar-refractivity contribution < 1.29 is 14.3 Å². The van der Waals surface area contributed by atoms with Crippen LogP contribution in [0, 0.1) is 18.8 Å². The molecule has 4 heteroatoms. The molecule has 0 unspecified atom stereocenters. The Labute approximate surface area is 111 Å². The highest BCUT2D eigenvalue weighted by atomic mass is 16.5. The fraction of sp³-hybridized carbons (Fsp3) is 0.467. The van der Waals surface area contributed by atoms with Gasteiger partial charge in [0.2, 0.25) is 11.8 Å². The van der Waals surface area contributed by atoms with Crippen LogP contribution in [0.2, 0.25) is 0 Å². The predicted molar refractivity (Wildman–Crippen MR) is 68.5 cm³/mol. The molecule has 19 heavy (non-hydrogen) atoms. The summed E-state index contributed by atoms with van der Waals surface area (Å²) < 4.78 is 5.72. The highest BCUT2D eigenvalue weighted by molar-refractivity contribution is 6.22. The molecule has 0 radical (unpaired) electrons. The van der Waals surface area contributed by atoms with Crippen molar-refractivity contribution in [3.63, 3.8) is 0 Å². The number of carbonyl (C=O) groups is 2. The first-order chi connectivity index (χ1) is 9.16. The van der Waals surface area contributed by atoms with Gasteiger partial charge in [0.05, 0.1) is 29.7 Å². The molecule has 1 aromatic rings. The van der Waals surface area contributed by atoms with E-state index in [1.807, 2.05) is 31.2 Å². The van der Waals surface area contributed by atoms with Crippen molar-refractivity contribution in [2.45, 2.75) is 32.0 Å². The normalized spacial score (nSPS) is 36.2. The van der Waals surface area contributed by atoms with Gasteiger partial charge in [-0.25, -0.2) is 4.90 Å². The highest BCUT2D eigenvalue weighted by Crippen LogP contribution is 2.49. The number of anilines is 1. The van der Waals surface area contributed by atoms with E-state index >= 15 is 0 Å². The zero-order valence-electron chi connectivity index (χ0n) is 10.7. The maximum atomic E-state index is 12.5. The second kappa shape index (κ2) is 3.67. The number of aryl methyl sites for hydroxylation is 1. The number of rotatable bonds is 1. The molecule has 0 aromatic heterocycles. The first-order valence-electron chi connectivity index (χ1n) is 6.77. The van der Waals surface area contributed by atoms with Crippen LogP contribution in [0.5, 0.6) is 0 Å². The molecule has 2 bridgehead atoms. The Morgan fingerprint density at radius 2 is 1.74 bits per heavy atom. The number of carbonyl (C=O) groups excluding carboxylic acids is 2. The Kier molecular flexibility index (Phi) is 2.16. The molecular formula is C15H15NO3.